The molecule has 0 saturated heterocycles. The zero-order valence-corrected chi connectivity index (χ0v) is 10.2. The van der Waals surface area contributed by atoms with E-state index in [9.17, 15) is 4.79 Å². The van der Waals surface area contributed by atoms with Gasteiger partial charge in [0.1, 0.15) is 5.82 Å². The lowest BCUT2D eigenvalue weighted by atomic mass is 10.2. The van der Waals surface area contributed by atoms with Gasteiger partial charge in [-0.1, -0.05) is 0 Å². The fourth-order valence-electron chi connectivity index (χ4n) is 2.38. The number of rotatable bonds is 2. The molecule has 1 aliphatic carbocycles. The lowest BCUT2D eigenvalue weighted by molar-refractivity contribution is 0.721. The van der Waals surface area contributed by atoms with Crippen molar-refractivity contribution in [3.63, 3.8) is 0 Å². The molecule has 0 amide bonds. The van der Waals surface area contributed by atoms with Crippen molar-refractivity contribution in [1.82, 2.24) is 19.7 Å². The molecule has 1 aliphatic rings. The van der Waals surface area contributed by atoms with Gasteiger partial charge < -0.3 is 4.98 Å². The van der Waals surface area contributed by atoms with Gasteiger partial charge in [0.15, 0.2) is 0 Å². The van der Waals surface area contributed by atoms with Crippen LogP contribution in [0, 0.1) is 0 Å². The molecule has 5 nitrogen and oxygen atoms in total. The molecule has 0 saturated carbocycles. The van der Waals surface area contributed by atoms with Gasteiger partial charge in [0.2, 0.25) is 0 Å². The van der Waals surface area contributed by atoms with Crippen molar-refractivity contribution in [2.24, 2.45) is 7.05 Å². The molecule has 0 bridgehead atoms. The van der Waals surface area contributed by atoms with E-state index in [1.54, 1.807) is 0 Å². The average molecular weight is 242 g/mol. The minimum absolute atomic E-state index is 0.139. The highest BCUT2D eigenvalue weighted by molar-refractivity contribution is 5.67. The van der Waals surface area contributed by atoms with E-state index in [4.69, 9.17) is 0 Å². The van der Waals surface area contributed by atoms with Crippen LogP contribution in [0.3, 0.4) is 0 Å². The largest absolute Gasteiger partial charge is 0.307 e. The Morgan fingerprint density at radius 1 is 1.39 bits per heavy atom. The maximum absolute atomic E-state index is 11.2. The molecule has 2 aromatic heterocycles. The van der Waals surface area contributed by atoms with Gasteiger partial charge in [-0.3, -0.25) is 9.48 Å². The first-order chi connectivity index (χ1) is 8.74. The zero-order chi connectivity index (χ0) is 12.5. The Labute approximate surface area is 104 Å². The number of nitrogens with zero attached hydrogens (tertiary/aromatic N) is 3. The van der Waals surface area contributed by atoms with E-state index in [-0.39, 0.29) is 5.56 Å². The third kappa shape index (κ3) is 1.88. The smallest absolute Gasteiger partial charge is 0.251 e. The Bertz CT molecular complexity index is 666. The summed E-state index contributed by atoms with van der Waals surface area (Å²) in [6, 6.07) is 1.40. The van der Waals surface area contributed by atoms with E-state index >= 15 is 0 Å². The van der Waals surface area contributed by atoms with Crippen LogP contribution in [0.5, 0.6) is 0 Å². The maximum atomic E-state index is 11.2. The first-order valence-electron chi connectivity index (χ1n) is 6.02. The summed E-state index contributed by atoms with van der Waals surface area (Å²) >= 11 is 0. The van der Waals surface area contributed by atoms with Crippen LogP contribution in [0.25, 0.3) is 12.2 Å². The minimum atomic E-state index is -0.139. The SMILES string of the molecule is Cn1nc2c(c1/C=C/c1nccc(=O)[nH]1)CCC2. The van der Waals surface area contributed by atoms with Crippen LogP contribution >= 0.6 is 0 Å². The molecule has 2 aromatic rings. The van der Waals surface area contributed by atoms with Crippen LogP contribution in [0.2, 0.25) is 0 Å². The van der Waals surface area contributed by atoms with Crippen LogP contribution in [0.4, 0.5) is 0 Å². The molecule has 2 heterocycles. The molecule has 92 valence electrons. The minimum Gasteiger partial charge on any atom is -0.307 e. The second-order valence-corrected chi connectivity index (χ2v) is 4.44. The third-order valence-electron chi connectivity index (χ3n) is 3.21. The summed E-state index contributed by atoms with van der Waals surface area (Å²) < 4.78 is 1.89. The van der Waals surface area contributed by atoms with E-state index in [0.29, 0.717) is 5.82 Å². The first-order valence-corrected chi connectivity index (χ1v) is 6.02. The van der Waals surface area contributed by atoms with Gasteiger partial charge in [-0.25, -0.2) is 4.98 Å². The lowest BCUT2D eigenvalue weighted by Crippen LogP contribution is -2.05. The van der Waals surface area contributed by atoms with Crippen LogP contribution in [0.15, 0.2) is 17.1 Å². The Kier molecular flexibility index (Phi) is 2.59. The number of hydrogen-bond acceptors (Lipinski definition) is 3. The van der Waals surface area contributed by atoms with Crippen LogP contribution in [-0.2, 0) is 19.9 Å². The number of aryl methyl sites for hydroxylation is 2. The van der Waals surface area contributed by atoms with Gasteiger partial charge in [-0.15, -0.1) is 0 Å². The van der Waals surface area contributed by atoms with Crippen molar-refractivity contribution < 1.29 is 0 Å². The van der Waals surface area contributed by atoms with E-state index < -0.39 is 0 Å². The van der Waals surface area contributed by atoms with E-state index in [0.717, 1.165) is 18.5 Å². The van der Waals surface area contributed by atoms with Crippen LogP contribution < -0.4 is 5.56 Å². The Balaban J connectivity index is 1.95. The molecule has 5 heteroatoms. The third-order valence-corrected chi connectivity index (χ3v) is 3.21. The molecular weight excluding hydrogens is 228 g/mol. The number of aromatic amines is 1. The Morgan fingerprint density at radius 3 is 3.11 bits per heavy atom. The number of H-pyrrole nitrogens is 1. The molecular formula is C13H14N4O. The Hall–Kier alpha value is -2.17. The van der Waals surface area contributed by atoms with Crippen molar-refractivity contribution in [1.29, 1.82) is 0 Å². The number of hydrogen-bond donors (Lipinski definition) is 1. The zero-order valence-electron chi connectivity index (χ0n) is 10.2. The van der Waals surface area contributed by atoms with Crippen LogP contribution in [-0.4, -0.2) is 19.7 Å². The molecule has 0 aromatic carbocycles. The van der Waals surface area contributed by atoms with E-state index in [2.05, 4.69) is 15.1 Å². The van der Waals surface area contributed by atoms with Crippen molar-refractivity contribution in [2.75, 3.05) is 0 Å². The molecule has 3 rings (SSSR count). The topological polar surface area (TPSA) is 63.6 Å². The number of nitrogens with one attached hydrogen (secondary N) is 1. The second-order valence-electron chi connectivity index (χ2n) is 4.44. The van der Waals surface area contributed by atoms with Gasteiger partial charge in [0.25, 0.3) is 5.56 Å². The lowest BCUT2D eigenvalue weighted by Gasteiger charge is -1.98. The predicted molar refractivity (Wildman–Crippen MR) is 69.0 cm³/mol. The molecule has 0 aliphatic heterocycles. The van der Waals surface area contributed by atoms with Crippen molar-refractivity contribution in [3.05, 3.63) is 45.4 Å². The summed E-state index contributed by atoms with van der Waals surface area (Å²) in [5, 5.41) is 4.49. The highest BCUT2D eigenvalue weighted by Crippen LogP contribution is 2.25. The van der Waals surface area contributed by atoms with Gasteiger partial charge >= 0.3 is 0 Å². The molecule has 0 spiro atoms. The quantitative estimate of drug-likeness (QED) is 0.859. The monoisotopic (exact) mass is 242 g/mol. The van der Waals surface area contributed by atoms with Gasteiger partial charge in [-0.05, 0) is 31.4 Å². The van der Waals surface area contributed by atoms with Gasteiger partial charge in [-0.2, -0.15) is 5.10 Å². The fourth-order valence-corrected chi connectivity index (χ4v) is 2.38. The first kappa shape index (κ1) is 11.0. The highest BCUT2D eigenvalue weighted by atomic mass is 16.1. The Morgan fingerprint density at radius 2 is 2.28 bits per heavy atom. The molecule has 0 radical (unpaired) electrons. The van der Waals surface area contributed by atoms with Gasteiger partial charge in [0.05, 0.1) is 11.4 Å². The summed E-state index contributed by atoms with van der Waals surface area (Å²) in [6.45, 7) is 0. The summed E-state index contributed by atoms with van der Waals surface area (Å²) in [6.07, 6.45) is 8.62. The number of fused-ring (bicyclic) bond motifs is 1. The standard InChI is InChI=1S/C13H14N4O/c1-17-11(9-3-2-4-10(9)16-17)5-6-12-14-8-7-13(18)15-12/h5-8H,2-4H2,1H3,(H,14,15,18)/b6-5+. The molecule has 1 N–H and O–H groups in total. The van der Waals surface area contributed by atoms with Crippen molar-refractivity contribution in [3.8, 4) is 0 Å². The predicted octanol–water partition coefficient (Wildman–Crippen LogP) is 1.16. The number of aromatic nitrogens is 4. The average Bonchev–Trinajstić information content (AvgIpc) is 2.87. The van der Waals surface area contributed by atoms with Gasteiger partial charge in [0, 0.05) is 24.9 Å². The van der Waals surface area contributed by atoms with E-state index in [1.807, 2.05) is 23.9 Å². The van der Waals surface area contributed by atoms with Crippen molar-refractivity contribution >= 4 is 12.2 Å². The molecule has 0 unspecified atom stereocenters. The normalized spacial score (nSPS) is 14.3. The summed E-state index contributed by atoms with van der Waals surface area (Å²) in [7, 11) is 1.94. The molecule has 0 fully saturated rings. The summed E-state index contributed by atoms with van der Waals surface area (Å²) in [4.78, 5) is 17.9. The summed E-state index contributed by atoms with van der Waals surface area (Å²) in [5.41, 5.74) is 3.49. The molecule has 18 heavy (non-hydrogen) atoms. The maximum Gasteiger partial charge on any atom is 0.251 e. The second kappa shape index (κ2) is 4.25. The van der Waals surface area contributed by atoms with Crippen LogP contribution in [0.1, 0.15) is 29.2 Å². The fraction of sp³-hybridized carbons (Fsp3) is 0.308. The molecule has 0 atom stereocenters. The van der Waals surface area contributed by atoms with Crippen molar-refractivity contribution in [2.45, 2.75) is 19.3 Å². The summed E-state index contributed by atoms with van der Waals surface area (Å²) in [5.74, 6) is 0.565. The highest BCUT2D eigenvalue weighted by Gasteiger charge is 2.18. The van der Waals surface area contributed by atoms with E-state index in [1.165, 1.54) is 29.9 Å².